The SMILES string of the molecule is Cc1ncc(CNCc2ccccc2Br)s1. The molecule has 4 heteroatoms. The van der Waals surface area contributed by atoms with E-state index in [1.807, 2.05) is 19.2 Å². The van der Waals surface area contributed by atoms with Gasteiger partial charge in [-0.05, 0) is 18.6 Å². The Morgan fingerprint density at radius 2 is 2.12 bits per heavy atom. The Labute approximate surface area is 108 Å². The second kappa shape index (κ2) is 5.57. The van der Waals surface area contributed by atoms with Crippen molar-refractivity contribution in [2.75, 3.05) is 0 Å². The van der Waals surface area contributed by atoms with Crippen molar-refractivity contribution in [1.29, 1.82) is 0 Å². The summed E-state index contributed by atoms with van der Waals surface area (Å²) in [6, 6.07) is 8.27. The van der Waals surface area contributed by atoms with Crippen LogP contribution in [0.15, 0.2) is 34.9 Å². The third-order valence-corrected chi connectivity index (χ3v) is 3.93. The van der Waals surface area contributed by atoms with Gasteiger partial charge >= 0.3 is 0 Å². The summed E-state index contributed by atoms with van der Waals surface area (Å²) in [7, 11) is 0. The zero-order chi connectivity index (χ0) is 11.4. The number of nitrogens with one attached hydrogen (secondary N) is 1. The van der Waals surface area contributed by atoms with E-state index in [9.17, 15) is 0 Å². The Morgan fingerprint density at radius 3 is 2.81 bits per heavy atom. The van der Waals surface area contributed by atoms with Crippen molar-refractivity contribution >= 4 is 27.3 Å². The van der Waals surface area contributed by atoms with E-state index in [4.69, 9.17) is 0 Å². The van der Waals surface area contributed by atoms with Crippen LogP contribution in [0.5, 0.6) is 0 Å². The van der Waals surface area contributed by atoms with E-state index < -0.39 is 0 Å². The molecule has 0 unspecified atom stereocenters. The Bertz CT molecular complexity index is 468. The fourth-order valence-electron chi connectivity index (χ4n) is 1.45. The van der Waals surface area contributed by atoms with Gasteiger partial charge in [-0.1, -0.05) is 34.1 Å². The normalized spacial score (nSPS) is 10.6. The molecular formula is C12H13BrN2S. The van der Waals surface area contributed by atoms with Crippen molar-refractivity contribution in [2.24, 2.45) is 0 Å². The van der Waals surface area contributed by atoms with Crippen molar-refractivity contribution in [3.8, 4) is 0 Å². The number of benzene rings is 1. The van der Waals surface area contributed by atoms with Crippen molar-refractivity contribution < 1.29 is 0 Å². The standard InChI is InChI=1S/C12H13BrN2S/c1-9-15-8-11(16-9)7-14-6-10-4-2-3-5-12(10)13/h2-5,8,14H,6-7H2,1H3. The molecule has 0 saturated heterocycles. The lowest BCUT2D eigenvalue weighted by Gasteiger charge is -2.05. The topological polar surface area (TPSA) is 24.9 Å². The van der Waals surface area contributed by atoms with Crippen LogP contribution in [0.3, 0.4) is 0 Å². The van der Waals surface area contributed by atoms with Crippen LogP contribution < -0.4 is 5.32 Å². The van der Waals surface area contributed by atoms with E-state index in [0.29, 0.717) is 0 Å². The predicted molar refractivity (Wildman–Crippen MR) is 71.5 cm³/mol. The molecule has 0 atom stereocenters. The molecule has 0 spiro atoms. The maximum atomic E-state index is 4.23. The van der Waals surface area contributed by atoms with Gasteiger partial charge in [-0.15, -0.1) is 11.3 Å². The molecule has 0 aliphatic carbocycles. The monoisotopic (exact) mass is 296 g/mol. The molecule has 84 valence electrons. The molecule has 0 bridgehead atoms. The van der Waals surface area contributed by atoms with Gasteiger partial charge in [0.2, 0.25) is 0 Å². The first-order valence-corrected chi connectivity index (χ1v) is 6.72. The van der Waals surface area contributed by atoms with Gasteiger partial charge in [0, 0.05) is 28.6 Å². The van der Waals surface area contributed by atoms with E-state index in [1.54, 1.807) is 11.3 Å². The average Bonchev–Trinajstić information content (AvgIpc) is 2.67. The van der Waals surface area contributed by atoms with Gasteiger partial charge in [0.25, 0.3) is 0 Å². The summed E-state index contributed by atoms with van der Waals surface area (Å²) in [5.74, 6) is 0. The Morgan fingerprint density at radius 1 is 1.31 bits per heavy atom. The second-order valence-electron chi connectivity index (χ2n) is 3.54. The lowest BCUT2D eigenvalue weighted by Crippen LogP contribution is -2.12. The molecule has 1 aromatic heterocycles. The van der Waals surface area contributed by atoms with Gasteiger partial charge in [-0.3, -0.25) is 0 Å². The zero-order valence-corrected chi connectivity index (χ0v) is 11.4. The highest BCUT2D eigenvalue weighted by molar-refractivity contribution is 9.10. The minimum Gasteiger partial charge on any atom is -0.308 e. The highest BCUT2D eigenvalue weighted by Crippen LogP contribution is 2.16. The van der Waals surface area contributed by atoms with Gasteiger partial charge in [0.05, 0.1) is 5.01 Å². The number of thiazole rings is 1. The molecule has 0 radical (unpaired) electrons. The largest absolute Gasteiger partial charge is 0.308 e. The summed E-state index contributed by atoms with van der Waals surface area (Å²) in [6.07, 6.45) is 1.94. The average molecular weight is 297 g/mol. The molecular weight excluding hydrogens is 284 g/mol. The van der Waals surface area contributed by atoms with E-state index >= 15 is 0 Å². The minimum absolute atomic E-state index is 0.873. The molecule has 0 aliphatic rings. The maximum absolute atomic E-state index is 4.23. The van der Waals surface area contributed by atoms with Crippen LogP contribution in [0.2, 0.25) is 0 Å². The first kappa shape index (κ1) is 11.8. The van der Waals surface area contributed by atoms with Crippen LogP contribution >= 0.6 is 27.3 Å². The first-order chi connectivity index (χ1) is 7.75. The molecule has 0 aliphatic heterocycles. The number of halogens is 1. The fraction of sp³-hybridized carbons (Fsp3) is 0.250. The van der Waals surface area contributed by atoms with E-state index in [0.717, 1.165) is 22.6 Å². The summed E-state index contributed by atoms with van der Waals surface area (Å²) < 4.78 is 1.16. The highest BCUT2D eigenvalue weighted by atomic mass is 79.9. The summed E-state index contributed by atoms with van der Waals surface area (Å²) >= 11 is 5.28. The number of aryl methyl sites for hydroxylation is 1. The fourth-order valence-corrected chi connectivity index (χ4v) is 2.64. The molecule has 1 N–H and O–H groups in total. The Balaban J connectivity index is 1.87. The van der Waals surface area contributed by atoms with E-state index in [2.05, 4.69) is 44.4 Å². The summed E-state index contributed by atoms with van der Waals surface area (Å²) in [6.45, 7) is 3.78. The second-order valence-corrected chi connectivity index (χ2v) is 5.71. The summed E-state index contributed by atoms with van der Waals surface area (Å²) in [4.78, 5) is 5.51. The van der Waals surface area contributed by atoms with Crippen LogP contribution in [0.1, 0.15) is 15.4 Å². The number of nitrogens with zero attached hydrogens (tertiary/aromatic N) is 1. The lowest BCUT2D eigenvalue weighted by atomic mass is 10.2. The van der Waals surface area contributed by atoms with Crippen LogP contribution in [-0.2, 0) is 13.1 Å². The Hall–Kier alpha value is -0.710. The van der Waals surface area contributed by atoms with Crippen LogP contribution in [0.25, 0.3) is 0 Å². The number of hydrogen-bond acceptors (Lipinski definition) is 3. The quantitative estimate of drug-likeness (QED) is 0.934. The number of rotatable bonds is 4. The van der Waals surface area contributed by atoms with Crippen LogP contribution in [-0.4, -0.2) is 4.98 Å². The highest BCUT2D eigenvalue weighted by Gasteiger charge is 2.00. The molecule has 2 rings (SSSR count). The van der Waals surface area contributed by atoms with Crippen LogP contribution in [0.4, 0.5) is 0 Å². The third-order valence-electron chi connectivity index (χ3n) is 2.24. The van der Waals surface area contributed by atoms with E-state index in [1.165, 1.54) is 10.4 Å². The minimum atomic E-state index is 0.873. The van der Waals surface area contributed by atoms with Crippen molar-refractivity contribution in [1.82, 2.24) is 10.3 Å². The van der Waals surface area contributed by atoms with Gasteiger partial charge in [-0.2, -0.15) is 0 Å². The molecule has 0 fully saturated rings. The number of hydrogen-bond donors (Lipinski definition) is 1. The molecule has 2 aromatic rings. The molecule has 0 amide bonds. The van der Waals surface area contributed by atoms with Crippen molar-refractivity contribution in [3.05, 3.63) is 50.4 Å². The smallest absolute Gasteiger partial charge is 0.0897 e. The predicted octanol–water partition coefficient (Wildman–Crippen LogP) is 3.50. The van der Waals surface area contributed by atoms with Gasteiger partial charge < -0.3 is 5.32 Å². The van der Waals surface area contributed by atoms with Gasteiger partial charge in [0.1, 0.15) is 0 Å². The zero-order valence-electron chi connectivity index (χ0n) is 9.03. The molecule has 0 saturated carbocycles. The maximum Gasteiger partial charge on any atom is 0.0897 e. The van der Waals surface area contributed by atoms with Crippen LogP contribution in [0, 0.1) is 6.92 Å². The summed E-state index contributed by atoms with van der Waals surface area (Å²) in [5, 5.41) is 4.54. The lowest BCUT2D eigenvalue weighted by molar-refractivity contribution is 0.698. The third kappa shape index (κ3) is 3.14. The molecule has 2 nitrogen and oxygen atoms in total. The molecule has 1 heterocycles. The molecule has 16 heavy (non-hydrogen) atoms. The van der Waals surface area contributed by atoms with Gasteiger partial charge in [-0.25, -0.2) is 4.98 Å². The van der Waals surface area contributed by atoms with Crippen molar-refractivity contribution in [3.63, 3.8) is 0 Å². The number of aromatic nitrogens is 1. The first-order valence-electron chi connectivity index (χ1n) is 5.11. The molecule has 1 aromatic carbocycles. The van der Waals surface area contributed by atoms with E-state index in [-0.39, 0.29) is 0 Å². The van der Waals surface area contributed by atoms with Gasteiger partial charge in [0.15, 0.2) is 0 Å². The Kier molecular flexibility index (Phi) is 4.09. The summed E-state index contributed by atoms with van der Waals surface area (Å²) in [5.41, 5.74) is 1.28. The van der Waals surface area contributed by atoms with Crippen molar-refractivity contribution in [2.45, 2.75) is 20.0 Å².